The normalized spacial score (nSPS) is 13.5. The first-order chi connectivity index (χ1) is 12.6. The molecule has 6 nitrogen and oxygen atoms in total. The molecule has 0 aliphatic carbocycles. The van der Waals surface area contributed by atoms with Gasteiger partial charge >= 0.3 is 0 Å². The summed E-state index contributed by atoms with van der Waals surface area (Å²) < 4.78 is 0. The summed E-state index contributed by atoms with van der Waals surface area (Å²) >= 11 is 0. The molecule has 1 aromatic carbocycles. The highest BCUT2D eigenvalue weighted by atomic mass is 16.2. The molecule has 1 aromatic heterocycles. The SMILES string of the molecule is CN(C)C(=O)CN=C(NCCc1ccccn1)N1CCc2ccccc21. The van der Waals surface area contributed by atoms with Gasteiger partial charge in [0, 0.05) is 51.2 Å². The average molecular weight is 351 g/mol. The van der Waals surface area contributed by atoms with E-state index in [2.05, 4.69) is 38.4 Å². The van der Waals surface area contributed by atoms with Crippen LogP contribution in [0.1, 0.15) is 11.3 Å². The van der Waals surface area contributed by atoms with Gasteiger partial charge in [0.1, 0.15) is 6.54 Å². The van der Waals surface area contributed by atoms with Crippen molar-refractivity contribution >= 4 is 17.6 Å². The third-order valence-corrected chi connectivity index (χ3v) is 4.40. The molecule has 1 aliphatic heterocycles. The number of nitrogens with zero attached hydrogens (tertiary/aromatic N) is 4. The second-order valence-corrected chi connectivity index (χ2v) is 6.46. The lowest BCUT2D eigenvalue weighted by molar-refractivity contribution is -0.127. The van der Waals surface area contributed by atoms with E-state index in [0.29, 0.717) is 6.54 Å². The molecule has 0 saturated heterocycles. The zero-order valence-corrected chi connectivity index (χ0v) is 15.4. The molecule has 2 aromatic rings. The van der Waals surface area contributed by atoms with Crippen LogP contribution in [0.4, 0.5) is 5.69 Å². The maximum atomic E-state index is 12.0. The minimum atomic E-state index is -0.0125. The number of carbonyl (C=O) groups excluding carboxylic acids is 1. The van der Waals surface area contributed by atoms with Gasteiger partial charge in [-0.05, 0) is 30.2 Å². The van der Waals surface area contributed by atoms with Crippen LogP contribution in [0.25, 0.3) is 0 Å². The Morgan fingerprint density at radius 1 is 1.23 bits per heavy atom. The lowest BCUT2D eigenvalue weighted by atomic mass is 10.2. The number of guanidine groups is 1. The van der Waals surface area contributed by atoms with Gasteiger partial charge in [-0.1, -0.05) is 24.3 Å². The summed E-state index contributed by atoms with van der Waals surface area (Å²) in [4.78, 5) is 24.6. The largest absolute Gasteiger partial charge is 0.356 e. The van der Waals surface area contributed by atoms with E-state index in [4.69, 9.17) is 0 Å². The van der Waals surface area contributed by atoms with Gasteiger partial charge in [0.25, 0.3) is 0 Å². The highest BCUT2D eigenvalue weighted by molar-refractivity contribution is 5.99. The predicted octanol–water partition coefficient (Wildman–Crippen LogP) is 1.72. The van der Waals surface area contributed by atoms with E-state index in [1.54, 1.807) is 25.2 Å². The highest BCUT2D eigenvalue weighted by Crippen LogP contribution is 2.27. The number of carbonyl (C=O) groups is 1. The maximum Gasteiger partial charge on any atom is 0.243 e. The summed E-state index contributed by atoms with van der Waals surface area (Å²) in [5, 5.41) is 3.41. The van der Waals surface area contributed by atoms with Crippen LogP contribution in [0, 0.1) is 0 Å². The molecule has 1 amide bonds. The van der Waals surface area contributed by atoms with E-state index < -0.39 is 0 Å². The lowest BCUT2D eigenvalue weighted by Crippen LogP contribution is -2.42. The van der Waals surface area contributed by atoms with Crippen LogP contribution in [-0.2, 0) is 17.6 Å². The van der Waals surface area contributed by atoms with Crippen molar-refractivity contribution in [3.63, 3.8) is 0 Å². The zero-order valence-electron chi connectivity index (χ0n) is 15.4. The summed E-state index contributed by atoms with van der Waals surface area (Å²) in [6.45, 7) is 1.72. The van der Waals surface area contributed by atoms with Gasteiger partial charge in [0.15, 0.2) is 5.96 Å². The average Bonchev–Trinajstić information content (AvgIpc) is 3.09. The first-order valence-corrected chi connectivity index (χ1v) is 8.89. The Labute approximate surface area is 154 Å². The molecule has 0 unspecified atom stereocenters. The van der Waals surface area contributed by atoms with Crippen LogP contribution in [0.5, 0.6) is 0 Å². The summed E-state index contributed by atoms with van der Waals surface area (Å²) in [5.41, 5.74) is 3.50. The Kier molecular flexibility index (Phi) is 5.84. The van der Waals surface area contributed by atoms with Crippen LogP contribution in [0.15, 0.2) is 53.7 Å². The number of fused-ring (bicyclic) bond motifs is 1. The number of aromatic nitrogens is 1. The molecule has 0 bridgehead atoms. The third-order valence-electron chi connectivity index (χ3n) is 4.40. The van der Waals surface area contributed by atoms with E-state index >= 15 is 0 Å². The number of anilines is 1. The zero-order chi connectivity index (χ0) is 18.4. The standard InChI is InChI=1S/C20H25N5O/c1-24(2)19(26)15-23-20(22-13-10-17-8-5-6-12-21-17)25-14-11-16-7-3-4-9-18(16)25/h3-9,12H,10-11,13-15H2,1-2H3,(H,22,23). The maximum absolute atomic E-state index is 12.0. The van der Waals surface area contributed by atoms with Crippen LogP contribution < -0.4 is 10.2 Å². The van der Waals surface area contributed by atoms with E-state index in [1.165, 1.54) is 5.56 Å². The summed E-state index contributed by atoms with van der Waals surface area (Å²) in [6.07, 6.45) is 3.59. The van der Waals surface area contributed by atoms with E-state index in [1.807, 2.05) is 24.3 Å². The van der Waals surface area contributed by atoms with Crippen LogP contribution in [-0.4, -0.2) is 55.5 Å². The molecule has 6 heteroatoms. The molecule has 0 atom stereocenters. The second kappa shape index (κ2) is 8.47. The number of amides is 1. The second-order valence-electron chi connectivity index (χ2n) is 6.46. The Balaban J connectivity index is 1.72. The Morgan fingerprint density at radius 3 is 2.81 bits per heavy atom. The predicted molar refractivity (Wildman–Crippen MR) is 104 cm³/mol. The van der Waals surface area contributed by atoms with E-state index in [0.717, 1.165) is 36.7 Å². The Morgan fingerprint density at radius 2 is 2.04 bits per heavy atom. The van der Waals surface area contributed by atoms with Gasteiger partial charge in [-0.25, -0.2) is 4.99 Å². The van der Waals surface area contributed by atoms with Gasteiger partial charge in [0.05, 0.1) is 0 Å². The number of pyridine rings is 1. The van der Waals surface area contributed by atoms with Crippen molar-refractivity contribution in [2.75, 3.05) is 38.6 Å². The number of hydrogen-bond acceptors (Lipinski definition) is 3. The topological polar surface area (TPSA) is 60.8 Å². The fourth-order valence-electron chi connectivity index (χ4n) is 2.93. The first kappa shape index (κ1) is 17.9. The Bertz CT molecular complexity index is 773. The molecular formula is C20H25N5O. The van der Waals surface area contributed by atoms with Gasteiger partial charge in [-0.2, -0.15) is 0 Å². The fourth-order valence-corrected chi connectivity index (χ4v) is 2.93. The molecule has 1 aliphatic rings. The van der Waals surface area contributed by atoms with Gasteiger partial charge in [-0.15, -0.1) is 0 Å². The van der Waals surface area contributed by atoms with Gasteiger partial charge < -0.3 is 15.1 Å². The number of para-hydroxylation sites is 1. The van der Waals surface area contributed by atoms with Crippen LogP contribution in [0.3, 0.4) is 0 Å². The van der Waals surface area contributed by atoms with Gasteiger partial charge in [-0.3, -0.25) is 9.78 Å². The van der Waals surface area contributed by atoms with Crippen molar-refractivity contribution in [1.29, 1.82) is 0 Å². The van der Waals surface area contributed by atoms with Crippen molar-refractivity contribution in [2.45, 2.75) is 12.8 Å². The lowest BCUT2D eigenvalue weighted by Gasteiger charge is -2.23. The molecule has 136 valence electrons. The molecule has 0 saturated carbocycles. The number of benzene rings is 1. The van der Waals surface area contributed by atoms with Gasteiger partial charge in [0.2, 0.25) is 5.91 Å². The van der Waals surface area contributed by atoms with Crippen molar-refractivity contribution < 1.29 is 4.79 Å². The number of likely N-dealkylation sites (N-methyl/N-ethyl adjacent to an activating group) is 1. The number of hydrogen-bond donors (Lipinski definition) is 1. The van der Waals surface area contributed by atoms with Crippen molar-refractivity contribution in [2.24, 2.45) is 4.99 Å². The first-order valence-electron chi connectivity index (χ1n) is 8.89. The molecule has 3 rings (SSSR count). The monoisotopic (exact) mass is 351 g/mol. The molecule has 26 heavy (non-hydrogen) atoms. The highest BCUT2D eigenvalue weighted by Gasteiger charge is 2.22. The smallest absolute Gasteiger partial charge is 0.243 e. The minimum absolute atomic E-state index is 0.0125. The van der Waals surface area contributed by atoms with Crippen molar-refractivity contribution in [3.05, 3.63) is 59.9 Å². The van der Waals surface area contributed by atoms with Crippen molar-refractivity contribution in [3.8, 4) is 0 Å². The number of aliphatic imine (C=N–C) groups is 1. The van der Waals surface area contributed by atoms with E-state index in [9.17, 15) is 4.79 Å². The third kappa shape index (κ3) is 4.39. The quantitative estimate of drug-likeness (QED) is 0.658. The molecular weight excluding hydrogens is 326 g/mol. The van der Waals surface area contributed by atoms with Crippen LogP contribution in [0.2, 0.25) is 0 Å². The summed E-state index contributed by atoms with van der Waals surface area (Å²) in [6, 6.07) is 14.3. The molecule has 0 fully saturated rings. The summed E-state index contributed by atoms with van der Waals surface area (Å²) in [5.74, 6) is 0.739. The Hall–Kier alpha value is -2.89. The van der Waals surface area contributed by atoms with E-state index in [-0.39, 0.29) is 12.5 Å². The van der Waals surface area contributed by atoms with Crippen LogP contribution >= 0.6 is 0 Å². The molecule has 2 heterocycles. The number of nitrogens with one attached hydrogen (secondary N) is 1. The van der Waals surface area contributed by atoms with Crippen molar-refractivity contribution in [1.82, 2.24) is 15.2 Å². The number of rotatable bonds is 5. The minimum Gasteiger partial charge on any atom is -0.356 e. The molecule has 0 radical (unpaired) electrons. The summed E-state index contributed by atoms with van der Waals surface area (Å²) in [7, 11) is 3.49. The molecule has 1 N–H and O–H groups in total. The molecule has 0 spiro atoms. The fraction of sp³-hybridized carbons (Fsp3) is 0.350.